The Balaban J connectivity index is 2.77. The SMILES string of the molecule is CCOC(=O)C(C(=O)OCC)c1ccc(C(C(=O)OCC)C(=O)OCC)n1-c1ccccn1. The van der Waals surface area contributed by atoms with Crippen molar-refractivity contribution >= 4 is 23.9 Å². The number of aromatic nitrogens is 2. The first kappa shape index (κ1) is 25.6. The zero-order chi connectivity index (χ0) is 24.4. The fourth-order valence-corrected chi connectivity index (χ4v) is 3.25. The van der Waals surface area contributed by atoms with Gasteiger partial charge in [0.1, 0.15) is 5.82 Å². The third-order valence-corrected chi connectivity index (χ3v) is 4.50. The van der Waals surface area contributed by atoms with Crippen molar-refractivity contribution in [3.05, 3.63) is 47.9 Å². The lowest BCUT2D eigenvalue weighted by molar-refractivity contribution is -0.158. The van der Waals surface area contributed by atoms with E-state index in [9.17, 15) is 19.2 Å². The summed E-state index contributed by atoms with van der Waals surface area (Å²) < 4.78 is 21.8. The molecule has 10 nitrogen and oxygen atoms in total. The molecule has 2 aromatic heterocycles. The lowest BCUT2D eigenvalue weighted by atomic mass is 10.1. The first-order valence-corrected chi connectivity index (χ1v) is 10.7. The van der Waals surface area contributed by atoms with E-state index in [1.165, 1.54) is 22.9 Å². The number of carbonyl (C=O) groups excluding carboxylic acids is 4. The van der Waals surface area contributed by atoms with Gasteiger partial charge in [-0.25, -0.2) is 4.98 Å². The van der Waals surface area contributed by atoms with Gasteiger partial charge in [0.25, 0.3) is 0 Å². The molecule has 0 saturated carbocycles. The van der Waals surface area contributed by atoms with E-state index >= 15 is 0 Å². The minimum Gasteiger partial charge on any atom is -0.465 e. The molecule has 178 valence electrons. The number of hydrogen-bond acceptors (Lipinski definition) is 9. The smallest absolute Gasteiger partial charge is 0.326 e. The molecular formula is C23H28N2O8. The van der Waals surface area contributed by atoms with Gasteiger partial charge in [0.05, 0.1) is 37.8 Å². The van der Waals surface area contributed by atoms with Gasteiger partial charge >= 0.3 is 23.9 Å². The molecule has 0 spiro atoms. The molecule has 0 aliphatic heterocycles. The van der Waals surface area contributed by atoms with Crippen molar-refractivity contribution in [2.45, 2.75) is 39.5 Å². The highest BCUT2D eigenvalue weighted by Gasteiger charge is 2.40. The van der Waals surface area contributed by atoms with Gasteiger partial charge in [-0.1, -0.05) is 6.07 Å². The van der Waals surface area contributed by atoms with E-state index in [0.29, 0.717) is 0 Å². The molecule has 0 fully saturated rings. The van der Waals surface area contributed by atoms with Crippen LogP contribution < -0.4 is 0 Å². The van der Waals surface area contributed by atoms with Crippen molar-refractivity contribution in [1.82, 2.24) is 9.55 Å². The highest BCUT2D eigenvalue weighted by molar-refractivity contribution is 6.02. The Morgan fingerprint density at radius 1 is 0.697 bits per heavy atom. The van der Waals surface area contributed by atoms with E-state index in [0.717, 1.165) is 0 Å². The highest BCUT2D eigenvalue weighted by atomic mass is 16.6. The molecule has 0 radical (unpaired) electrons. The van der Waals surface area contributed by atoms with Gasteiger partial charge in [-0.05, 0) is 52.0 Å². The second-order valence-corrected chi connectivity index (χ2v) is 6.58. The Hall–Kier alpha value is -3.69. The minimum atomic E-state index is -1.47. The van der Waals surface area contributed by atoms with Gasteiger partial charge < -0.3 is 18.9 Å². The summed E-state index contributed by atoms with van der Waals surface area (Å²) in [5.41, 5.74) is 0.249. The van der Waals surface area contributed by atoms with E-state index in [-0.39, 0.29) is 43.6 Å². The number of hydrogen-bond donors (Lipinski definition) is 0. The van der Waals surface area contributed by atoms with Gasteiger partial charge in [-0.2, -0.15) is 0 Å². The molecule has 33 heavy (non-hydrogen) atoms. The van der Waals surface area contributed by atoms with Crippen LogP contribution in [0.1, 0.15) is 50.9 Å². The number of nitrogens with zero attached hydrogens (tertiary/aromatic N) is 2. The van der Waals surface area contributed by atoms with Crippen LogP contribution in [0.5, 0.6) is 0 Å². The van der Waals surface area contributed by atoms with Crippen LogP contribution in [0, 0.1) is 0 Å². The normalized spacial score (nSPS) is 10.7. The zero-order valence-electron chi connectivity index (χ0n) is 19.1. The summed E-state index contributed by atoms with van der Waals surface area (Å²) in [7, 11) is 0. The first-order chi connectivity index (χ1) is 15.9. The van der Waals surface area contributed by atoms with Gasteiger partial charge in [0.2, 0.25) is 0 Å². The lowest BCUT2D eigenvalue weighted by Gasteiger charge is -2.21. The van der Waals surface area contributed by atoms with E-state index < -0.39 is 35.7 Å². The Labute approximate surface area is 191 Å². The second kappa shape index (κ2) is 12.4. The molecule has 0 amide bonds. The van der Waals surface area contributed by atoms with Crippen molar-refractivity contribution < 1.29 is 38.1 Å². The van der Waals surface area contributed by atoms with Crippen LogP contribution in [0.25, 0.3) is 5.82 Å². The molecule has 0 aliphatic carbocycles. The van der Waals surface area contributed by atoms with Gasteiger partial charge in [0, 0.05) is 6.20 Å². The number of pyridine rings is 1. The van der Waals surface area contributed by atoms with Crippen LogP contribution in [0.15, 0.2) is 36.5 Å². The average Bonchev–Trinajstić information content (AvgIpc) is 3.19. The first-order valence-electron chi connectivity index (χ1n) is 10.7. The average molecular weight is 460 g/mol. The van der Waals surface area contributed by atoms with Crippen molar-refractivity contribution in [1.29, 1.82) is 0 Å². The van der Waals surface area contributed by atoms with Crippen molar-refractivity contribution in [3.63, 3.8) is 0 Å². The summed E-state index contributed by atoms with van der Waals surface area (Å²) in [6, 6.07) is 7.87. The summed E-state index contributed by atoms with van der Waals surface area (Å²) in [6.07, 6.45) is 1.50. The maximum absolute atomic E-state index is 12.8. The third-order valence-electron chi connectivity index (χ3n) is 4.50. The van der Waals surface area contributed by atoms with Gasteiger partial charge in [0.15, 0.2) is 11.8 Å². The van der Waals surface area contributed by atoms with Crippen LogP contribution >= 0.6 is 0 Å². The van der Waals surface area contributed by atoms with Crippen LogP contribution in [-0.4, -0.2) is 59.9 Å². The summed E-state index contributed by atoms with van der Waals surface area (Å²) in [5, 5.41) is 0. The lowest BCUT2D eigenvalue weighted by Crippen LogP contribution is -2.31. The summed E-state index contributed by atoms with van der Waals surface area (Å²) in [5.74, 6) is -5.99. The van der Waals surface area contributed by atoms with Crippen LogP contribution in [0.2, 0.25) is 0 Å². The minimum absolute atomic E-state index is 0.0418. The Morgan fingerprint density at radius 2 is 1.09 bits per heavy atom. The van der Waals surface area contributed by atoms with Crippen LogP contribution in [0.3, 0.4) is 0 Å². The molecule has 0 aromatic carbocycles. The van der Waals surface area contributed by atoms with Gasteiger partial charge in [-0.15, -0.1) is 0 Å². The molecule has 0 unspecified atom stereocenters. The summed E-state index contributed by atoms with van der Waals surface area (Å²) >= 11 is 0. The van der Waals surface area contributed by atoms with Crippen molar-refractivity contribution in [2.24, 2.45) is 0 Å². The molecular weight excluding hydrogens is 432 g/mol. The van der Waals surface area contributed by atoms with Crippen LogP contribution in [0.4, 0.5) is 0 Å². The fraction of sp³-hybridized carbons (Fsp3) is 0.435. The Morgan fingerprint density at radius 3 is 1.39 bits per heavy atom. The molecule has 0 saturated heterocycles. The highest BCUT2D eigenvalue weighted by Crippen LogP contribution is 2.31. The Kier molecular flexibility index (Phi) is 9.59. The number of carbonyl (C=O) groups is 4. The summed E-state index contributed by atoms with van der Waals surface area (Å²) in [6.45, 7) is 6.62. The van der Waals surface area contributed by atoms with E-state index in [1.807, 2.05) is 0 Å². The number of ether oxygens (including phenoxy) is 4. The molecule has 0 N–H and O–H groups in total. The molecule has 2 rings (SSSR count). The monoisotopic (exact) mass is 460 g/mol. The van der Waals surface area contributed by atoms with E-state index in [4.69, 9.17) is 18.9 Å². The predicted molar refractivity (Wildman–Crippen MR) is 116 cm³/mol. The topological polar surface area (TPSA) is 123 Å². The molecule has 0 aliphatic rings. The Bertz CT molecular complexity index is 877. The molecule has 0 atom stereocenters. The van der Waals surface area contributed by atoms with Crippen molar-refractivity contribution in [2.75, 3.05) is 26.4 Å². The maximum atomic E-state index is 12.8. The van der Waals surface area contributed by atoms with Crippen molar-refractivity contribution in [3.8, 4) is 5.82 Å². The second-order valence-electron chi connectivity index (χ2n) is 6.58. The van der Waals surface area contributed by atoms with Crippen LogP contribution in [-0.2, 0) is 38.1 Å². The maximum Gasteiger partial charge on any atom is 0.326 e. The predicted octanol–water partition coefficient (Wildman–Crippen LogP) is 2.29. The number of esters is 4. The molecule has 2 aromatic rings. The fourth-order valence-electron chi connectivity index (χ4n) is 3.25. The van der Waals surface area contributed by atoms with Gasteiger partial charge in [-0.3, -0.25) is 23.7 Å². The van der Waals surface area contributed by atoms with E-state index in [2.05, 4.69) is 4.98 Å². The standard InChI is InChI=1S/C23H28N2O8/c1-5-30-20(26)18(21(27)31-6-2)15-12-13-16(25(15)17-11-9-10-14-24-17)19(22(28)32-7-3)23(29)33-8-4/h9-14,18-19H,5-8H2,1-4H3. The quantitative estimate of drug-likeness (QED) is 0.282. The van der Waals surface area contributed by atoms with E-state index in [1.54, 1.807) is 45.9 Å². The molecule has 2 heterocycles. The largest absolute Gasteiger partial charge is 0.465 e. The third kappa shape index (κ3) is 5.97. The molecule has 10 heteroatoms. The number of rotatable bonds is 11. The zero-order valence-corrected chi connectivity index (χ0v) is 19.1. The molecule has 0 bridgehead atoms. The summed E-state index contributed by atoms with van der Waals surface area (Å²) in [4.78, 5) is 55.3.